The minimum atomic E-state index is -3.42. The Morgan fingerprint density at radius 1 is 1.17 bits per heavy atom. The third kappa shape index (κ3) is 4.97. The van der Waals surface area contributed by atoms with Crippen LogP contribution in [0.1, 0.15) is 15.9 Å². The minimum absolute atomic E-state index is 0.249. The molecule has 0 unspecified atom stereocenters. The Morgan fingerprint density at radius 2 is 1.83 bits per heavy atom. The predicted octanol–water partition coefficient (Wildman–Crippen LogP) is 2.98. The molecule has 0 saturated heterocycles. The van der Waals surface area contributed by atoms with Gasteiger partial charge in [0.2, 0.25) is 10.0 Å². The zero-order valence-corrected chi connectivity index (χ0v) is 14.4. The number of sulfonamides is 1. The van der Waals surface area contributed by atoms with Gasteiger partial charge >= 0.3 is 0 Å². The maximum Gasteiger partial charge on any atom is 0.255 e. The highest BCUT2D eigenvalue weighted by molar-refractivity contribution is 7.92. The molecule has 0 spiro atoms. The summed E-state index contributed by atoms with van der Waals surface area (Å²) in [6.07, 6.45) is 1.05. The van der Waals surface area contributed by atoms with E-state index in [0.29, 0.717) is 12.2 Å². The standard InChI is InChI=1S/C16H17ClN2O3S/c1-19(11-12-6-4-3-5-7-12)16(20)14-10-13(8-9-15(14)17)18-23(2,21)22/h3-10,18H,11H2,1-2H3. The van der Waals surface area contributed by atoms with Crippen molar-refractivity contribution in [3.05, 3.63) is 64.7 Å². The first-order chi connectivity index (χ1) is 10.8. The Bertz CT molecular complexity index is 807. The van der Waals surface area contributed by atoms with Crippen molar-refractivity contribution in [1.82, 2.24) is 4.90 Å². The molecular formula is C16H17ClN2O3S. The number of halogens is 1. The van der Waals surface area contributed by atoms with Crippen LogP contribution in [-0.4, -0.2) is 32.5 Å². The van der Waals surface area contributed by atoms with Crippen LogP contribution >= 0.6 is 11.6 Å². The number of carbonyl (C=O) groups excluding carboxylic acids is 1. The topological polar surface area (TPSA) is 66.5 Å². The summed E-state index contributed by atoms with van der Waals surface area (Å²) in [7, 11) is -1.75. The molecule has 0 aromatic heterocycles. The first-order valence-electron chi connectivity index (χ1n) is 6.83. The van der Waals surface area contributed by atoms with Gasteiger partial charge in [0.15, 0.2) is 0 Å². The average molecular weight is 353 g/mol. The second kappa shape index (κ2) is 7.02. The van der Waals surface area contributed by atoms with Crippen molar-refractivity contribution in [2.24, 2.45) is 0 Å². The molecule has 0 aliphatic heterocycles. The van der Waals surface area contributed by atoms with Crippen LogP contribution in [0.25, 0.3) is 0 Å². The molecule has 2 aromatic rings. The zero-order valence-electron chi connectivity index (χ0n) is 12.8. The molecule has 0 atom stereocenters. The van der Waals surface area contributed by atoms with E-state index < -0.39 is 10.0 Å². The second-order valence-corrected chi connectivity index (χ2v) is 7.37. The van der Waals surface area contributed by atoms with Crippen LogP contribution < -0.4 is 4.72 Å². The summed E-state index contributed by atoms with van der Waals surface area (Å²) in [6, 6.07) is 14.0. The number of anilines is 1. The normalized spacial score (nSPS) is 11.1. The first kappa shape index (κ1) is 17.3. The molecule has 1 N–H and O–H groups in total. The van der Waals surface area contributed by atoms with Gasteiger partial charge in [0.1, 0.15) is 0 Å². The molecule has 0 fully saturated rings. The van der Waals surface area contributed by atoms with Crippen LogP contribution in [-0.2, 0) is 16.6 Å². The zero-order chi connectivity index (χ0) is 17.0. The summed E-state index contributed by atoms with van der Waals surface area (Å²) in [5, 5.41) is 0.272. The van der Waals surface area contributed by atoms with Gasteiger partial charge in [-0.05, 0) is 23.8 Å². The quantitative estimate of drug-likeness (QED) is 0.899. The Balaban J connectivity index is 2.22. The van der Waals surface area contributed by atoms with Crippen molar-refractivity contribution >= 4 is 33.2 Å². The molecule has 1 amide bonds. The molecular weight excluding hydrogens is 336 g/mol. The van der Waals surface area contributed by atoms with Crippen LogP contribution in [0, 0.1) is 0 Å². The average Bonchev–Trinajstić information content (AvgIpc) is 2.48. The molecule has 0 saturated carbocycles. The van der Waals surface area contributed by atoms with Crippen LogP contribution in [0.4, 0.5) is 5.69 Å². The Kier molecular flexibility index (Phi) is 5.28. The monoisotopic (exact) mass is 352 g/mol. The van der Waals surface area contributed by atoms with Gasteiger partial charge in [0, 0.05) is 19.3 Å². The number of rotatable bonds is 5. The third-order valence-electron chi connectivity index (χ3n) is 3.11. The van der Waals surface area contributed by atoms with Crippen molar-refractivity contribution in [3.63, 3.8) is 0 Å². The lowest BCUT2D eigenvalue weighted by Gasteiger charge is -2.18. The summed E-state index contributed by atoms with van der Waals surface area (Å²) in [5.41, 5.74) is 1.54. The van der Waals surface area contributed by atoms with Gasteiger partial charge in [-0.25, -0.2) is 8.42 Å². The minimum Gasteiger partial charge on any atom is -0.337 e. The number of hydrogen-bond acceptors (Lipinski definition) is 3. The molecule has 0 aliphatic rings. The maximum absolute atomic E-state index is 12.6. The Morgan fingerprint density at radius 3 is 2.43 bits per heavy atom. The van der Waals surface area contributed by atoms with Gasteiger partial charge in [-0.1, -0.05) is 41.9 Å². The van der Waals surface area contributed by atoms with Gasteiger partial charge in [0.05, 0.1) is 16.8 Å². The largest absolute Gasteiger partial charge is 0.337 e. The number of benzene rings is 2. The van der Waals surface area contributed by atoms with Crippen LogP contribution in [0.3, 0.4) is 0 Å². The highest BCUT2D eigenvalue weighted by Crippen LogP contribution is 2.23. The van der Waals surface area contributed by atoms with Gasteiger partial charge < -0.3 is 4.90 Å². The lowest BCUT2D eigenvalue weighted by molar-refractivity contribution is 0.0785. The third-order valence-corrected chi connectivity index (χ3v) is 4.05. The number of carbonyl (C=O) groups is 1. The molecule has 0 aliphatic carbocycles. The lowest BCUT2D eigenvalue weighted by atomic mass is 10.1. The molecule has 7 heteroatoms. The summed E-state index contributed by atoms with van der Waals surface area (Å²) in [4.78, 5) is 14.1. The second-order valence-electron chi connectivity index (χ2n) is 5.22. The molecule has 2 rings (SSSR count). The molecule has 122 valence electrons. The van der Waals surface area contributed by atoms with Gasteiger partial charge in [-0.3, -0.25) is 9.52 Å². The van der Waals surface area contributed by atoms with Crippen molar-refractivity contribution in [2.75, 3.05) is 18.0 Å². The predicted molar refractivity (Wildman–Crippen MR) is 92.2 cm³/mol. The summed E-state index contributed by atoms with van der Waals surface area (Å²) >= 11 is 6.08. The number of amides is 1. The summed E-state index contributed by atoms with van der Waals surface area (Å²) < 4.78 is 24.9. The first-order valence-corrected chi connectivity index (χ1v) is 9.10. The summed E-state index contributed by atoms with van der Waals surface area (Å²) in [6.45, 7) is 0.430. The van der Waals surface area contributed by atoms with Crippen molar-refractivity contribution in [2.45, 2.75) is 6.54 Å². The van der Waals surface area contributed by atoms with Gasteiger partial charge in [-0.15, -0.1) is 0 Å². The molecule has 2 aromatic carbocycles. The van der Waals surface area contributed by atoms with E-state index in [2.05, 4.69) is 4.72 Å². The van der Waals surface area contributed by atoms with E-state index in [9.17, 15) is 13.2 Å². The van der Waals surface area contributed by atoms with Gasteiger partial charge in [0.25, 0.3) is 5.91 Å². The van der Waals surface area contributed by atoms with E-state index in [1.165, 1.54) is 23.1 Å². The molecule has 0 heterocycles. The fourth-order valence-electron chi connectivity index (χ4n) is 2.10. The Hall–Kier alpha value is -2.05. The highest BCUT2D eigenvalue weighted by atomic mass is 35.5. The lowest BCUT2D eigenvalue weighted by Crippen LogP contribution is -2.26. The van der Waals surface area contributed by atoms with Crippen molar-refractivity contribution in [3.8, 4) is 0 Å². The molecule has 0 radical (unpaired) electrons. The number of hydrogen-bond donors (Lipinski definition) is 1. The smallest absolute Gasteiger partial charge is 0.255 e. The number of nitrogens with one attached hydrogen (secondary N) is 1. The molecule has 23 heavy (non-hydrogen) atoms. The van der Waals surface area contributed by atoms with E-state index >= 15 is 0 Å². The van der Waals surface area contributed by atoms with Crippen molar-refractivity contribution < 1.29 is 13.2 Å². The van der Waals surface area contributed by atoms with E-state index in [1.54, 1.807) is 7.05 Å². The SMILES string of the molecule is CN(Cc1ccccc1)C(=O)c1cc(NS(C)(=O)=O)ccc1Cl. The van der Waals surface area contributed by atoms with Gasteiger partial charge in [-0.2, -0.15) is 0 Å². The van der Waals surface area contributed by atoms with E-state index in [-0.39, 0.29) is 16.5 Å². The van der Waals surface area contributed by atoms with E-state index in [1.807, 2.05) is 30.3 Å². The highest BCUT2D eigenvalue weighted by Gasteiger charge is 2.17. The van der Waals surface area contributed by atoms with Crippen LogP contribution in [0.5, 0.6) is 0 Å². The van der Waals surface area contributed by atoms with Crippen LogP contribution in [0.15, 0.2) is 48.5 Å². The van der Waals surface area contributed by atoms with Crippen LogP contribution in [0.2, 0.25) is 5.02 Å². The van der Waals surface area contributed by atoms with Crippen molar-refractivity contribution in [1.29, 1.82) is 0 Å². The van der Waals surface area contributed by atoms with E-state index in [4.69, 9.17) is 11.6 Å². The molecule has 0 bridgehead atoms. The molecule has 5 nitrogen and oxygen atoms in total. The number of nitrogens with zero attached hydrogens (tertiary/aromatic N) is 1. The summed E-state index contributed by atoms with van der Waals surface area (Å²) in [5.74, 6) is -0.281. The van der Waals surface area contributed by atoms with E-state index in [0.717, 1.165) is 11.8 Å². The Labute approximate surface area is 140 Å². The fourth-order valence-corrected chi connectivity index (χ4v) is 2.85. The maximum atomic E-state index is 12.6. The fraction of sp³-hybridized carbons (Fsp3) is 0.188.